The summed E-state index contributed by atoms with van der Waals surface area (Å²) in [6, 6.07) is -0.862. The van der Waals surface area contributed by atoms with Crippen molar-refractivity contribution in [2.24, 2.45) is 0 Å². The monoisotopic (exact) mass is 280 g/mol. The molecule has 0 bridgehead atoms. The van der Waals surface area contributed by atoms with E-state index in [-0.39, 0.29) is 18.7 Å². The van der Waals surface area contributed by atoms with E-state index in [1.807, 2.05) is 0 Å². The minimum absolute atomic E-state index is 0.0211. The number of esters is 1. The third-order valence-corrected chi connectivity index (χ3v) is 3.74. The lowest BCUT2D eigenvalue weighted by atomic mass is 10.3. The summed E-state index contributed by atoms with van der Waals surface area (Å²) >= 11 is 0. The Labute approximate surface area is 107 Å². The fraction of sp³-hybridized carbons (Fsp3) is 0.800. The maximum Gasteiger partial charge on any atom is 0.307 e. The van der Waals surface area contributed by atoms with E-state index >= 15 is 0 Å². The van der Waals surface area contributed by atoms with Crippen LogP contribution in [0.2, 0.25) is 0 Å². The van der Waals surface area contributed by atoms with Gasteiger partial charge >= 0.3 is 5.97 Å². The Bertz CT molecular complexity index is 380. The van der Waals surface area contributed by atoms with Crippen molar-refractivity contribution in [1.29, 1.82) is 0 Å². The van der Waals surface area contributed by atoms with E-state index in [0.29, 0.717) is 6.42 Å². The number of carbonyl (C=O) groups excluding carboxylic acids is 2. The molecule has 18 heavy (non-hydrogen) atoms. The number of hydrogen-bond donors (Lipinski definition) is 2. The highest BCUT2D eigenvalue weighted by Crippen LogP contribution is 1.93. The van der Waals surface area contributed by atoms with Crippen molar-refractivity contribution >= 4 is 21.9 Å². The molecule has 2 N–H and O–H groups in total. The summed E-state index contributed by atoms with van der Waals surface area (Å²) < 4.78 is 29.5. The fourth-order valence-corrected chi connectivity index (χ4v) is 2.49. The van der Waals surface area contributed by atoms with Gasteiger partial charge in [-0.15, -0.1) is 0 Å². The number of nitrogens with one attached hydrogen (secondary N) is 2. The highest BCUT2D eigenvalue weighted by Gasteiger charge is 2.19. The van der Waals surface area contributed by atoms with Crippen molar-refractivity contribution < 1.29 is 22.7 Å². The van der Waals surface area contributed by atoms with Gasteiger partial charge in [-0.1, -0.05) is 6.92 Å². The molecule has 0 spiro atoms. The van der Waals surface area contributed by atoms with Gasteiger partial charge in [0.2, 0.25) is 15.9 Å². The van der Waals surface area contributed by atoms with E-state index < -0.39 is 27.9 Å². The first-order valence-corrected chi connectivity index (χ1v) is 7.32. The molecule has 0 saturated carbocycles. The molecule has 0 aliphatic rings. The van der Waals surface area contributed by atoms with Crippen LogP contribution in [0.5, 0.6) is 0 Å². The summed E-state index contributed by atoms with van der Waals surface area (Å²) in [5.74, 6) is -0.930. The Balaban J connectivity index is 4.08. The molecule has 1 amide bonds. The molecule has 0 saturated heterocycles. The molecule has 7 nitrogen and oxygen atoms in total. The molecule has 0 aromatic carbocycles. The SMILES string of the molecule is CCCS(=O)(=O)NC(C)C(=O)NCCC(=O)OC. The first kappa shape index (κ1) is 16.9. The first-order chi connectivity index (χ1) is 8.32. The predicted molar refractivity (Wildman–Crippen MR) is 66.3 cm³/mol. The van der Waals surface area contributed by atoms with Crippen LogP contribution in [0.1, 0.15) is 26.7 Å². The lowest BCUT2D eigenvalue weighted by molar-refractivity contribution is -0.140. The van der Waals surface area contributed by atoms with Crippen molar-refractivity contribution in [2.75, 3.05) is 19.4 Å². The molecule has 1 unspecified atom stereocenters. The number of rotatable bonds is 8. The average Bonchev–Trinajstić information content (AvgIpc) is 2.27. The highest BCUT2D eigenvalue weighted by molar-refractivity contribution is 7.89. The fourth-order valence-electron chi connectivity index (χ4n) is 1.19. The van der Waals surface area contributed by atoms with Crippen LogP contribution in [0.4, 0.5) is 0 Å². The van der Waals surface area contributed by atoms with Crippen LogP contribution < -0.4 is 10.0 Å². The predicted octanol–water partition coefficient (Wildman–Crippen LogP) is -0.616. The van der Waals surface area contributed by atoms with Gasteiger partial charge in [0.25, 0.3) is 0 Å². The molecule has 0 aliphatic carbocycles. The Morgan fingerprint density at radius 2 is 1.94 bits per heavy atom. The second-order valence-electron chi connectivity index (χ2n) is 3.78. The highest BCUT2D eigenvalue weighted by atomic mass is 32.2. The van der Waals surface area contributed by atoms with Crippen LogP contribution >= 0.6 is 0 Å². The largest absolute Gasteiger partial charge is 0.469 e. The average molecular weight is 280 g/mol. The van der Waals surface area contributed by atoms with Crippen LogP contribution in [0.25, 0.3) is 0 Å². The van der Waals surface area contributed by atoms with Crippen LogP contribution in [0, 0.1) is 0 Å². The Morgan fingerprint density at radius 1 is 1.33 bits per heavy atom. The Hall–Kier alpha value is -1.15. The summed E-state index contributed by atoms with van der Waals surface area (Å²) in [6.45, 7) is 3.30. The first-order valence-electron chi connectivity index (χ1n) is 5.67. The van der Waals surface area contributed by atoms with E-state index in [0.717, 1.165) is 0 Å². The van der Waals surface area contributed by atoms with Gasteiger partial charge in [-0.05, 0) is 13.3 Å². The molecule has 0 aromatic rings. The summed E-state index contributed by atoms with van der Waals surface area (Å²) in [7, 11) is -2.17. The van der Waals surface area contributed by atoms with Gasteiger partial charge in [0.15, 0.2) is 0 Å². The minimum atomic E-state index is -3.42. The molecular weight excluding hydrogens is 260 g/mol. The number of hydrogen-bond acceptors (Lipinski definition) is 5. The summed E-state index contributed by atoms with van der Waals surface area (Å²) in [4.78, 5) is 22.3. The lowest BCUT2D eigenvalue weighted by Crippen LogP contribution is -2.45. The van der Waals surface area contributed by atoms with Crippen LogP contribution in [-0.4, -0.2) is 45.7 Å². The molecule has 1 atom stereocenters. The topological polar surface area (TPSA) is 102 Å². The quantitative estimate of drug-likeness (QED) is 0.577. The van der Waals surface area contributed by atoms with E-state index in [9.17, 15) is 18.0 Å². The van der Waals surface area contributed by atoms with Gasteiger partial charge in [0, 0.05) is 6.54 Å². The lowest BCUT2D eigenvalue weighted by Gasteiger charge is -2.13. The maximum atomic E-state index is 11.5. The number of carbonyl (C=O) groups is 2. The normalized spacial score (nSPS) is 12.8. The molecule has 0 rings (SSSR count). The molecule has 106 valence electrons. The molecular formula is C10H20N2O5S. The van der Waals surface area contributed by atoms with Crippen molar-refractivity contribution in [3.05, 3.63) is 0 Å². The van der Waals surface area contributed by atoms with E-state index in [2.05, 4.69) is 14.8 Å². The zero-order chi connectivity index (χ0) is 14.2. The van der Waals surface area contributed by atoms with Crippen molar-refractivity contribution in [3.8, 4) is 0 Å². The Morgan fingerprint density at radius 3 is 2.44 bits per heavy atom. The van der Waals surface area contributed by atoms with E-state index in [1.54, 1.807) is 6.92 Å². The smallest absolute Gasteiger partial charge is 0.307 e. The van der Waals surface area contributed by atoms with Crippen LogP contribution in [-0.2, 0) is 24.3 Å². The third kappa shape index (κ3) is 7.23. The van der Waals surface area contributed by atoms with E-state index in [4.69, 9.17) is 0 Å². The van der Waals surface area contributed by atoms with Gasteiger partial charge in [0.05, 0.1) is 25.3 Å². The van der Waals surface area contributed by atoms with Crippen LogP contribution in [0.15, 0.2) is 0 Å². The molecule has 0 radical (unpaired) electrons. The zero-order valence-corrected chi connectivity index (χ0v) is 11.7. The molecule has 8 heteroatoms. The third-order valence-electron chi connectivity index (χ3n) is 2.08. The molecule has 0 heterocycles. The summed E-state index contributed by atoms with van der Waals surface area (Å²) in [5.41, 5.74) is 0. The zero-order valence-electron chi connectivity index (χ0n) is 10.9. The molecule has 0 fully saturated rings. The second kappa shape index (κ2) is 8.04. The van der Waals surface area contributed by atoms with Gasteiger partial charge in [-0.2, -0.15) is 0 Å². The molecule has 0 aromatic heterocycles. The van der Waals surface area contributed by atoms with Crippen molar-refractivity contribution in [3.63, 3.8) is 0 Å². The minimum Gasteiger partial charge on any atom is -0.469 e. The second-order valence-corrected chi connectivity index (χ2v) is 5.65. The van der Waals surface area contributed by atoms with Gasteiger partial charge in [-0.3, -0.25) is 9.59 Å². The van der Waals surface area contributed by atoms with Crippen molar-refractivity contribution in [1.82, 2.24) is 10.0 Å². The van der Waals surface area contributed by atoms with Gasteiger partial charge in [-0.25, -0.2) is 13.1 Å². The summed E-state index contributed by atoms with van der Waals surface area (Å²) in [5, 5.41) is 2.45. The van der Waals surface area contributed by atoms with Crippen molar-refractivity contribution in [2.45, 2.75) is 32.7 Å². The standard InChI is InChI=1S/C10H20N2O5S/c1-4-7-18(15,16)12-8(2)10(14)11-6-5-9(13)17-3/h8,12H,4-7H2,1-3H3,(H,11,14). The maximum absolute atomic E-state index is 11.5. The van der Waals surface area contributed by atoms with E-state index in [1.165, 1.54) is 14.0 Å². The van der Waals surface area contributed by atoms with Crippen LogP contribution in [0.3, 0.4) is 0 Å². The number of methoxy groups -OCH3 is 1. The number of ether oxygens (including phenoxy) is 1. The summed E-state index contributed by atoms with van der Waals surface area (Å²) in [6.07, 6.45) is 0.530. The molecule has 0 aliphatic heterocycles. The van der Waals surface area contributed by atoms with Gasteiger partial charge < -0.3 is 10.1 Å². The number of amides is 1. The number of sulfonamides is 1. The van der Waals surface area contributed by atoms with Gasteiger partial charge in [0.1, 0.15) is 0 Å². The Kier molecular flexibility index (Phi) is 7.53.